The van der Waals surface area contributed by atoms with Gasteiger partial charge in [-0.3, -0.25) is 0 Å². The van der Waals surface area contributed by atoms with Gasteiger partial charge in [-0.15, -0.1) is 0 Å². The van der Waals surface area contributed by atoms with E-state index in [4.69, 9.17) is 4.74 Å². The van der Waals surface area contributed by atoms with Gasteiger partial charge in [-0.05, 0) is 17.2 Å². The van der Waals surface area contributed by atoms with Gasteiger partial charge < -0.3 is 10.1 Å². The van der Waals surface area contributed by atoms with E-state index in [-0.39, 0.29) is 0 Å². The third-order valence-electron chi connectivity index (χ3n) is 3.26. The Morgan fingerprint density at radius 1 is 1.26 bits per heavy atom. The van der Waals surface area contributed by atoms with Crippen molar-refractivity contribution in [3.63, 3.8) is 0 Å². The highest BCUT2D eigenvalue weighted by atomic mass is 32.2. The SMILES string of the molecule is COc1ccc(NC2CSCc3ccccc32)cn1. The number of pyridine rings is 1. The van der Waals surface area contributed by atoms with Crippen molar-refractivity contribution in [1.29, 1.82) is 0 Å². The Morgan fingerprint density at radius 3 is 2.95 bits per heavy atom. The van der Waals surface area contributed by atoms with Gasteiger partial charge in [-0.1, -0.05) is 24.3 Å². The quantitative estimate of drug-likeness (QED) is 0.927. The number of methoxy groups -OCH3 is 1. The summed E-state index contributed by atoms with van der Waals surface area (Å²) in [5.41, 5.74) is 3.86. The van der Waals surface area contributed by atoms with Crippen LogP contribution in [0.3, 0.4) is 0 Å². The van der Waals surface area contributed by atoms with Gasteiger partial charge in [0, 0.05) is 17.6 Å². The molecule has 0 aliphatic carbocycles. The number of nitrogens with one attached hydrogen (secondary N) is 1. The fourth-order valence-electron chi connectivity index (χ4n) is 2.29. The number of hydrogen-bond acceptors (Lipinski definition) is 4. The lowest BCUT2D eigenvalue weighted by atomic mass is 10.0. The van der Waals surface area contributed by atoms with Gasteiger partial charge in [0.05, 0.1) is 25.0 Å². The summed E-state index contributed by atoms with van der Waals surface area (Å²) in [6, 6.07) is 12.9. The van der Waals surface area contributed by atoms with Crippen molar-refractivity contribution in [2.75, 3.05) is 18.2 Å². The minimum atomic E-state index is 0.352. The van der Waals surface area contributed by atoms with Crippen LogP contribution in [0.1, 0.15) is 17.2 Å². The lowest BCUT2D eigenvalue weighted by molar-refractivity contribution is 0.398. The fourth-order valence-corrected chi connectivity index (χ4v) is 3.39. The number of fused-ring (bicyclic) bond motifs is 1. The molecule has 1 aromatic heterocycles. The van der Waals surface area contributed by atoms with Crippen LogP contribution in [0.15, 0.2) is 42.6 Å². The van der Waals surface area contributed by atoms with E-state index in [1.807, 2.05) is 30.1 Å². The fraction of sp³-hybridized carbons (Fsp3) is 0.267. The molecule has 0 radical (unpaired) electrons. The Morgan fingerprint density at radius 2 is 2.16 bits per heavy atom. The van der Waals surface area contributed by atoms with Crippen molar-refractivity contribution in [1.82, 2.24) is 4.98 Å². The first-order valence-electron chi connectivity index (χ1n) is 6.29. The van der Waals surface area contributed by atoms with E-state index < -0.39 is 0 Å². The normalized spacial score (nSPS) is 17.6. The zero-order chi connectivity index (χ0) is 13.1. The molecule has 0 saturated carbocycles. The molecule has 1 atom stereocenters. The number of nitrogens with zero attached hydrogens (tertiary/aromatic N) is 1. The van der Waals surface area contributed by atoms with Crippen molar-refractivity contribution in [2.45, 2.75) is 11.8 Å². The topological polar surface area (TPSA) is 34.1 Å². The number of anilines is 1. The van der Waals surface area contributed by atoms with Gasteiger partial charge in [0.2, 0.25) is 5.88 Å². The molecule has 3 rings (SSSR count). The van der Waals surface area contributed by atoms with E-state index in [9.17, 15) is 0 Å². The Kier molecular flexibility index (Phi) is 3.60. The van der Waals surface area contributed by atoms with E-state index in [0.29, 0.717) is 11.9 Å². The van der Waals surface area contributed by atoms with Crippen LogP contribution in [-0.2, 0) is 5.75 Å². The Balaban J connectivity index is 1.80. The summed E-state index contributed by atoms with van der Waals surface area (Å²) >= 11 is 1.97. The van der Waals surface area contributed by atoms with Crippen LogP contribution in [0.4, 0.5) is 5.69 Å². The first-order valence-corrected chi connectivity index (χ1v) is 7.44. The minimum Gasteiger partial charge on any atom is -0.481 e. The molecule has 0 bridgehead atoms. The van der Waals surface area contributed by atoms with Crippen molar-refractivity contribution in [3.05, 3.63) is 53.7 Å². The molecule has 2 aromatic rings. The van der Waals surface area contributed by atoms with E-state index in [1.165, 1.54) is 11.1 Å². The molecule has 0 fully saturated rings. The Bertz CT molecular complexity index is 556. The van der Waals surface area contributed by atoms with Crippen LogP contribution < -0.4 is 10.1 Å². The molecule has 98 valence electrons. The van der Waals surface area contributed by atoms with Crippen LogP contribution >= 0.6 is 11.8 Å². The van der Waals surface area contributed by atoms with Crippen LogP contribution in [0, 0.1) is 0 Å². The monoisotopic (exact) mass is 272 g/mol. The maximum absolute atomic E-state index is 5.07. The smallest absolute Gasteiger partial charge is 0.213 e. The lowest BCUT2D eigenvalue weighted by Crippen LogP contribution is -2.18. The van der Waals surface area contributed by atoms with Gasteiger partial charge in [-0.2, -0.15) is 11.8 Å². The van der Waals surface area contributed by atoms with Crippen molar-refractivity contribution < 1.29 is 4.74 Å². The second-order valence-corrected chi connectivity index (χ2v) is 5.53. The minimum absolute atomic E-state index is 0.352. The molecule has 2 heterocycles. The number of ether oxygens (including phenoxy) is 1. The standard InChI is InChI=1S/C15H16N2OS/c1-18-15-7-6-12(8-16-15)17-14-10-19-9-11-4-2-3-5-13(11)14/h2-8,14,17H,9-10H2,1H3. The number of rotatable bonds is 3. The van der Waals surface area contributed by atoms with Crippen molar-refractivity contribution in [2.24, 2.45) is 0 Å². The molecule has 1 aliphatic rings. The molecular weight excluding hydrogens is 256 g/mol. The molecule has 1 aliphatic heterocycles. The summed E-state index contributed by atoms with van der Waals surface area (Å²) in [5.74, 6) is 2.84. The van der Waals surface area contributed by atoms with Gasteiger partial charge in [0.1, 0.15) is 0 Å². The summed E-state index contributed by atoms with van der Waals surface area (Å²) in [4.78, 5) is 4.23. The molecule has 1 N–H and O–H groups in total. The lowest BCUT2D eigenvalue weighted by Gasteiger charge is -2.26. The molecule has 0 amide bonds. The molecule has 1 aromatic carbocycles. The maximum atomic E-state index is 5.07. The molecule has 19 heavy (non-hydrogen) atoms. The van der Waals surface area contributed by atoms with Crippen molar-refractivity contribution >= 4 is 17.4 Å². The van der Waals surface area contributed by atoms with Crippen LogP contribution in [0.5, 0.6) is 5.88 Å². The van der Waals surface area contributed by atoms with Gasteiger partial charge in [0.15, 0.2) is 0 Å². The summed E-state index contributed by atoms with van der Waals surface area (Å²) < 4.78 is 5.07. The van der Waals surface area contributed by atoms with E-state index in [2.05, 4.69) is 34.6 Å². The Hall–Kier alpha value is -1.68. The molecule has 4 heteroatoms. The van der Waals surface area contributed by atoms with Gasteiger partial charge >= 0.3 is 0 Å². The summed E-state index contributed by atoms with van der Waals surface area (Å²) in [7, 11) is 1.63. The molecular formula is C15H16N2OS. The predicted molar refractivity (Wildman–Crippen MR) is 79.8 cm³/mol. The zero-order valence-corrected chi connectivity index (χ0v) is 11.6. The van der Waals surface area contributed by atoms with E-state index in [1.54, 1.807) is 7.11 Å². The average molecular weight is 272 g/mol. The molecule has 0 saturated heterocycles. The summed E-state index contributed by atoms with van der Waals surface area (Å²) in [5, 5.41) is 3.55. The summed E-state index contributed by atoms with van der Waals surface area (Å²) in [6.45, 7) is 0. The number of aromatic nitrogens is 1. The number of thioether (sulfide) groups is 1. The molecule has 3 nitrogen and oxygen atoms in total. The van der Waals surface area contributed by atoms with E-state index in [0.717, 1.165) is 17.2 Å². The third-order valence-corrected chi connectivity index (χ3v) is 4.34. The number of benzene rings is 1. The second-order valence-electron chi connectivity index (χ2n) is 4.50. The van der Waals surface area contributed by atoms with Crippen LogP contribution in [0.2, 0.25) is 0 Å². The first kappa shape index (κ1) is 12.4. The Labute approximate surface area is 117 Å². The van der Waals surface area contributed by atoms with E-state index >= 15 is 0 Å². The second kappa shape index (κ2) is 5.53. The largest absolute Gasteiger partial charge is 0.481 e. The zero-order valence-electron chi connectivity index (χ0n) is 10.8. The highest BCUT2D eigenvalue weighted by molar-refractivity contribution is 7.98. The highest BCUT2D eigenvalue weighted by Gasteiger charge is 2.19. The van der Waals surface area contributed by atoms with Gasteiger partial charge in [-0.25, -0.2) is 4.98 Å². The number of hydrogen-bond donors (Lipinski definition) is 1. The van der Waals surface area contributed by atoms with Crippen molar-refractivity contribution in [3.8, 4) is 5.88 Å². The maximum Gasteiger partial charge on any atom is 0.213 e. The highest BCUT2D eigenvalue weighted by Crippen LogP contribution is 2.33. The molecule has 0 spiro atoms. The predicted octanol–water partition coefficient (Wildman–Crippen LogP) is 3.49. The average Bonchev–Trinajstić information content (AvgIpc) is 2.48. The van der Waals surface area contributed by atoms with Crippen LogP contribution in [0.25, 0.3) is 0 Å². The molecule has 1 unspecified atom stereocenters. The van der Waals surface area contributed by atoms with Gasteiger partial charge in [0.25, 0.3) is 0 Å². The first-order chi connectivity index (χ1) is 9.36. The van der Waals surface area contributed by atoms with Crippen LogP contribution in [-0.4, -0.2) is 17.8 Å². The third kappa shape index (κ3) is 2.68. The summed E-state index contributed by atoms with van der Waals surface area (Å²) in [6.07, 6.45) is 1.82.